The molecule has 0 aromatic carbocycles. The van der Waals surface area contributed by atoms with Crippen molar-refractivity contribution < 1.29 is 12.6 Å². The predicted molar refractivity (Wildman–Crippen MR) is 30.1 cm³/mol. The Morgan fingerprint density at radius 1 is 1.70 bits per heavy atom. The van der Waals surface area contributed by atoms with E-state index in [1.54, 1.807) is 0 Å². The SMILES string of the molecule is NS(=O)(=O)Oc1ncn[nH]1. The third-order valence-electron chi connectivity index (χ3n) is 0.588. The molecule has 56 valence electrons. The second kappa shape index (κ2) is 2.23. The molecule has 0 spiro atoms. The Labute approximate surface area is 56.5 Å². The van der Waals surface area contributed by atoms with Crippen LogP contribution in [0.4, 0.5) is 0 Å². The molecular formula is C2H4N4O3S. The van der Waals surface area contributed by atoms with E-state index < -0.39 is 10.3 Å². The lowest BCUT2D eigenvalue weighted by Crippen LogP contribution is -2.19. The average molecular weight is 164 g/mol. The summed E-state index contributed by atoms with van der Waals surface area (Å²) in [7, 11) is -3.98. The highest BCUT2D eigenvalue weighted by atomic mass is 32.2. The molecule has 1 heterocycles. The van der Waals surface area contributed by atoms with Crippen molar-refractivity contribution in [3.05, 3.63) is 6.33 Å². The van der Waals surface area contributed by atoms with Crippen molar-refractivity contribution in [1.29, 1.82) is 0 Å². The molecule has 0 unspecified atom stereocenters. The summed E-state index contributed by atoms with van der Waals surface area (Å²) in [4.78, 5) is 3.35. The summed E-state index contributed by atoms with van der Waals surface area (Å²) < 4.78 is 24.4. The van der Waals surface area contributed by atoms with Crippen molar-refractivity contribution in [2.24, 2.45) is 5.14 Å². The quantitative estimate of drug-likeness (QED) is 0.546. The lowest BCUT2D eigenvalue weighted by molar-refractivity contribution is 0.467. The maximum atomic E-state index is 10.2. The van der Waals surface area contributed by atoms with Crippen molar-refractivity contribution in [1.82, 2.24) is 15.2 Å². The summed E-state index contributed by atoms with van der Waals surface area (Å²) in [6, 6.07) is -0.248. The second-order valence-electron chi connectivity index (χ2n) is 1.37. The van der Waals surface area contributed by atoms with Crippen molar-refractivity contribution in [3.63, 3.8) is 0 Å². The van der Waals surface area contributed by atoms with Crippen LogP contribution in [0.1, 0.15) is 0 Å². The molecule has 10 heavy (non-hydrogen) atoms. The van der Waals surface area contributed by atoms with Crippen molar-refractivity contribution in [2.75, 3.05) is 0 Å². The molecule has 0 aliphatic heterocycles. The van der Waals surface area contributed by atoms with E-state index in [0.29, 0.717) is 0 Å². The van der Waals surface area contributed by atoms with Gasteiger partial charge in [-0.3, -0.25) is 0 Å². The first-order chi connectivity index (χ1) is 4.58. The van der Waals surface area contributed by atoms with Crippen molar-refractivity contribution >= 4 is 10.3 Å². The van der Waals surface area contributed by atoms with E-state index in [4.69, 9.17) is 0 Å². The fraction of sp³-hybridized carbons (Fsp3) is 0. The maximum absolute atomic E-state index is 10.2. The zero-order valence-electron chi connectivity index (χ0n) is 4.68. The minimum atomic E-state index is -3.98. The van der Waals surface area contributed by atoms with Gasteiger partial charge in [0.15, 0.2) is 0 Å². The molecule has 0 atom stereocenters. The Morgan fingerprint density at radius 3 is 2.80 bits per heavy atom. The van der Waals surface area contributed by atoms with Gasteiger partial charge in [-0.1, -0.05) is 0 Å². The number of nitrogens with zero attached hydrogens (tertiary/aromatic N) is 2. The van der Waals surface area contributed by atoms with Crippen LogP contribution < -0.4 is 9.32 Å². The number of rotatable bonds is 2. The smallest absolute Gasteiger partial charge is 0.332 e. The third-order valence-corrected chi connectivity index (χ3v) is 0.978. The van der Waals surface area contributed by atoms with E-state index in [1.807, 2.05) is 0 Å². The first-order valence-electron chi connectivity index (χ1n) is 2.15. The van der Waals surface area contributed by atoms with Gasteiger partial charge in [0.2, 0.25) is 0 Å². The lowest BCUT2D eigenvalue weighted by atomic mass is 11.2. The Hall–Kier alpha value is -1.15. The summed E-state index contributed by atoms with van der Waals surface area (Å²) in [6.45, 7) is 0. The van der Waals surface area contributed by atoms with Gasteiger partial charge in [-0.25, -0.2) is 5.10 Å². The number of aromatic nitrogens is 3. The van der Waals surface area contributed by atoms with Crippen LogP contribution in [-0.4, -0.2) is 23.6 Å². The van der Waals surface area contributed by atoms with Gasteiger partial charge in [-0.05, 0) is 0 Å². The Balaban J connectivity index is 2.75. The molecule has 0 amide bonds. The molecule has 7 nitrogen and oxygen atoms in total. The summed E-state index contributed by atoms with van der Waals surface area (Å²) in [5, 5.41) is 9.97. The highest BCUT2D eigenvalue weighted by Crippen LogP contribution is 1.97. The molecule has 0 aliphatic rings. The van der Waals surface area contributed by atoms with Crippen LogP contribution in [0.2, 0.25) is 0 Å². The molecule has 0 saturated heterocycles. The Kier molecular flexibility index (Phi) is 1.55. The zero-order chi connectivity index (χ0) is 7.61. The molecule has 0 radical (unpaired) electrons. The minimum Gasteiger partial charge on any atom is -0.332 e. The highest BCUT2D eigenvalue weighted by Gasteiger charge is 2.05. The fourth-order valence-corrected chi connectivity index (χ4v) is 0.645. The first-order valence-corrected chi connectivity index (χ1v) is 3.62. The zero-order valence-corrected chi connectivity index (χ0v) is 5.50. The van der Waals surface area contributed by atoms with Gasteiger partial charge in [0.05, 0.1) is 0 Å². The van der Waals surface area contributed by atoms with Gasteiger partial charge in [0, 0.05) is 0 Å². The second-order valence-corrected chi connectivity index (χ2v) is 2.52. The van der Waals surface area contributed by atoms with Crippen LogP contribution in [0.15, 0.2) is 6.33 Å². The molecule has 0 saturated carbocycles. The van der Waals surface area contributed by atoms with Crippen LogP contribution in [-0.2, 0) is 10.3 Å². The van der Waals surface area contributed by atoms with E-state index >= 15 is 0 Å². The number of nitrogens with one attached hydrogen (secondary N) is 1. The molecule has 0 aliphatic carbocycles. The van der Waals surface area contributed by atoms with Crippen LogP contribution in [0.5, 0.6) is 6.01 Å². The van der Waals surface area contributed by atoms with Crippen LogP contribution in [0.3, 0.4) is 0 Å². The molecular weight excluding hydrogens is 160 g/mol. The number of nitrogens with two attached hydrogens (primary N) is 1. The van der Waals surface area contributed by atoms with E-state index in [-0.39, 0.29) is 6.01 Å². The Bertz CT molecular complexity index is 288. The molecule has 8 heteroatoms. The monoisotopic (exact) mass is 164 g/mol. The summed E-state index contributed by atoms with van der Waals surface area (Å²) in [5.41, 5.74) is 0. The normalized spacial score (nSPS) is 11.3. The maximum Gasteiger partial charge on any atom is 0.382 e. The topological polar surface area (TPSA) is 111 Å². The molecule has 1 aromatic heterocycles. The molecule has 3 N–H and O–H groups in total. The highest BCUT2D eigenvalue weighted by molar-refractivity contribution is 7.84. The standard InChI is InChI=1S/C2H4N4O3S/c3-10(7,8)9-2-4-1-5-6-2/h1H,(H2,3,7,8)(H,4,5,6). The van der Waals surface area contributed by atoms with Gasteiger partial charge in [-0.2, -0.15) is 23.6 Å². The van der Waals surface area contributed by atoms with Gasteiger partial charge in [0.25, 0.3) is 0 Å². The van der Waals surface area contributed by atoms with E-state index in [2.05, 4.69) is 24.5 Å². The van der Waals surface area contributed by atoms with Crippen LogP contribution >= 0.6 is 0 Å². The molecule has 0 bridgehead atoms. The summed E-state index contributed by atoms with van der Waals surface area (Å²) in [5.74, 6) is 0. The van der Waals surface area contributed by atoms with Crippen molar-refractivity contribution in [3.8, 4) is 6.01 Å². The number of hydrogen-bond acceptors (Lipinski definition) is 5. The number of H-pyrrole nitrogens is 1. The Morgan fingerprint density at radius 2 is 2.40 bits per heavy atom. The first kappa shape index (κ1) is 6.96. The van der Waals surface area contributed by atoms with Gasteiger partial charge in [0.1, 0.15) is 6.33 Å². The third kappa shape index (κ3) is 1.99. The van der Waals surface area contributed by atoms with Gasteiger partial charge in [-0.15, -0.1) is 0 Å². The summed E-state index contributed by atoms with van der Waals surface area (Å²) in [6.07, 6.45) is 1.10. The fourth-order valence-electron chi connectivity index (χ4n) is 0.344. The van der Waals surface area contributed by atoms with Crippen LogP contribution in [0.25, 0.3) is 0 Å². The minimum absolute atomic E-state index is 0.248. The van der Waals surface area contributed by atoms with E-state index in [9.17, 15) is 8.42 Å². The average Bonchev–Trinajstić information content (AvgIpc) is 2.12. The van der Waals surface area contributed by atoms with E-state index in [0.717, 1.165) is 6.33 Å². The molecule has 0 fully saturated rings. The number of hydrogen-bond donors (Lipinski definition) is 2. The van der Waals surface area contributed by atoms with Crippen LogP contribution in [0, 0.1) is 0 Å². The predicted octanol–water partition coefficient (Wildman–Crippen LogP) is -1.61. The van der Waals surface area contributed by atoms with Gasteiger partial charge >= 0.3 is 16.3 Å². The largest absolute Gasteiger partial charge is 0.382 e. The molecule has 1 aromatic rings. The lowest BCUT2D eigenvalue weighted by Gasteiger charge is -1.93. The summed E-state index contributed by atoms with van der Waals surface area (Å²) >= 11 is 0. The molecule has 1 rings (SSSR count). The van der Waals surface area contributed by atoms with Gasteiger partial charge < -0.3 is 4.18 Å². The number of aromatic amines is 1. The van der Waals surface area contributed by atoms with Crippen molar-refractivity contribution in [2.45, 2.75) is 0 Å². The van der Waals surface area contributed by atoms with E-state index in [1.165, 1.54) is 0 Å².